The van der Waals surface area contributed by atoms with Crippen LogP contribution in [0.5, 0.6) is 0 Å². The van der Waals surface area contributed by atoms with Crippen molar-refractivity contribution in [1.29, 1.82) is 0 Å². The fraction of sp³-hybridized carbons (Fsp3) is 0.500. The molecule has 0 spiro atoms. The average molecular weight is 264 g/mol. The first-order chi connectivity index (χ1) is 7.68. The van der Waals surface area contributed by atoms with Crippen molar-refractivity contribution in [3.63, 3.8) is 0 Å². The molecule has 0 aromatic heterocycles. The van der Waals surface area contributed by atoms with E-state index in [0.29, 0.717) is 24.7 Å². The molecule has 17 heavy (non-hydrogen) atoms. The summed E-state index contributed by atoms with van der Waals surface area (Å²) in [6.07, 6.45) is 1.75. The molecule has 1 heterocycles. The minimum Gasteiger partial charge on any atom is -0.381 e. The second-order valence-electron chi connectivity index (χ2n) is 4.15. The molecule has 0 bridgehead atoms. The maximum Gasteiger partial charge on any atom is 0.159 e. The molecule has 1 saturated heterocycles. The molecule has 5 heteroatoms. The van der Waals surface area contributed by atoms with Crippen LogP contribution in [0.15, 0.2) is 18.2 Å². The second kappa shape index (κ2) is 6.28. The third-order valence-corrected chi connectivity index (χ3v) is 3.10. The molecule has 2 nitrogen and oxygen atoms in total. The van der Waals surface area contributed by atoms with Crippen LogP contribution >= 0.6 is 12.4 Å². The van der Waals surface area contributed by atoms with Gasteiger partial charge in [-0.15, -0.1) is 12.4 Å². The van der Waals surface area contributed by atoms with E-state index in [2.05, 4.69) is 0 Å². The van der Waals surface area contributed by atoms with Gasteiger partial charge in [-0.1, -0.05) is 6.07 Å². The van der Waals surface area contributed by atoms with Crippen LogP contribution in [-0.2, 0) is 4.74 Å². The van der Waals surface area contributed by atoms with Gasteiger partial charge in [0.1, 0.15) is 0 Å². The van der Waals surface area contributed by atoms with E-state index in [4.69, 9.17) is 10.5 Å². The number of rotatable bonds is 2. The van der Waals surface area contributed by atoms with E-state index in [9.17, 15) is 8.78 Å². The third-order valence-electron chi connectivity index (χ3n) is 3.10. The van der Waals surface area contributed by atoms with Gasteiger partial charge in [0.25, 0.3) is 0 Å². The monoisotopic (exact) mass is 263 g/mol. The van der Waals surface area contributed by atoms with E-state index in [1.807, 2.05) is 0 Å². The summed E-state index contributed by atoms with van der Waals surface area (Å²) >= 11 is 0. The first-order valence-corrected chi connectivity index (χ1v) is 5.47. The van der Waals surface area contributed by atoms with Gasteiger partial charge in [0.2, 0.25) is 0 Å². The molecular formula is C12H16ClF2NO. The predicted molar refractivity (Wildman–Crippen MR) is 64.1 cm³/mol. The summed E-state index contributed by atoms with van der Waals surface area (Å²) in [6, 6.07) is 3.64. The van der Waals surface area contributed by atoms with Crippen molar-refractivity contribution >= 4 is 12.4 Å². The quantitative estimate of drug-likeness (QED) is 0.891. The summed E-state index contributed by atoms with van der Waals surface area (Å²) in [6.45, 7) is 1.39. The molecular weight excluding hydrogens is 248 g/mol. The third kappa shape index (κ3) is 3.37. The Kier molecular flexibility index (Phi) is 5.31. The van der Waals surface area contributed by atoms with Crippen LogP contribution in [0.25, 0.3) is 0 Å². The molecule has 0 unspecified atom stereocenters. The fourth-order valence-electron chi connectivity index (χ4n) is 2.07. The van der Waals surface area contributed by atoms with Crippen LogP contribution in [0.4, 0.5) is 8.78 Å². The molecule has 96 valence electrons. The molecule has 0 amide bonds. The van der Waals surface area contributed by atoms with Crippen LogP contribution in [0, 0.1) is 17.6 Å². The van der Waals surface area contributed by atoms with Gasteiger partial charge in [-0.3, -0.25) is 0 Å². The lowest BCUT2D eigenvalue weighted by Crippen LogP contribution is -2.27. The van der Waals surface area contributed by atoms with Crippen molar-refractivity contribution in [2.45, 2.75) is 18.9 Å². The molecule has 1 aliphatic rings. The highest BCUT2D eigenvalue weighted by Crippen LogP contribution is 2.28. The summed E-state index contributed by atoms with van der Waals surface area (Å²) in [4.78, 5) is 0. The smallest absolute Gasteiger partial charge is 0.159 e. The number of nitrogens with two attached hydrogens (primary N) is 1. The van der Waals surface area contributed by atoms with Crippen molar-refractivity contribution in [2.24, 2.45) is 11.7 Å². The minimum atomic E-state index is -0.833. The van der Waals surface area contributed by atoms with Crippen molar-refractivity contribution < 1.29 is 13.5 Å². The lowest BCUT2D eigenvalue weighted by Gasteiger charge is -2.27. The number of hydrogen-bond acceptors (Lipinski definition) is 2. The highest BCUT2D eigenvalue weighted by atomic mass is 35.5. The van der Waals surface area contributed by atoms with Gasteiger partial charge >= 0.3 is 0 Å². The standard InChI is InChI=1S/C12H15F2NO.ClH/c13-10-2-1-9(7-11(10)14)12(15)8-3-5-16-6-4-8;/h1-2,7-8,12H,3-6,15H2;1H/t12-;/m1./s1. The summed E-state index contributed by atoms with van der Waals surface area (Å²) in [5, 5.41) is 0. The summed E-state index contributed by atoms with van der Waals surface area (Å²) in [5.74, 6) is -1.37. The molecule has 0 aliphatic carbocycles. The van der Waals surface area contributed by atoms with E-state index in [1.54, 1.807) is 6.07 Å². The largest absolute Gasteiger partial charge is 0.381 e. The van der Waals surface area contributed by atoms with Crippen molar-refractivity contribution in [2.75, 3.05) is 13.2 Å². The molecule has 1 aromatic carbocycles. The molecule has 2 N–H and O–H groups in total. The van der Waals surface area contributed by atoms with Crippen LogP contribution in [0.3, 0.4) is 0 Å². The van der Waals surface area contributed by atoms with Crippen LogP contribution in [0.1, 0.15) is 24.4 Å². The van der Waals surface area contributed by atoms with Crippen molar-refractivity contribution in [1.82, 2.24) is 0 Å². The number of ether oxygens (including phenoxy) is 1. The van der Waals surface area contributed by atoms with Crippen molar-refractivity contribution in [3.8, 4) is 0 Å². The summed E-state index contributed by atoms with van der Waals surface area (Å²) in [7, 11) is 0. The van der Waals surface area contributed by atoms with E-state index < -0.39 is 11.6 Å². The number of hydrogen-bond donors (Lipinski definition) is 1. The second-order valence-corrected chi connectivity index (χ2v) is 4.15. The number of halogens is 3. The van der Waals surface area contributed by atoms with Crippen molar-refractivity contribution in [3.05, 3.63) is 35.4 Å². The van der Waals surface area contributed by atoms with Gasteiger partial charge in [0.15, 0.2) is 11.6 Å². The van der Waals surface area contributed by atoms with Crippen LogP contribution in [-0.4, -0.2) is 13.2 Å². The Hall–Kier alpha value is -0.710. The molecule has 0 saturated carbocycles. The Morgan fingerprint density at radius 1 is 1.18 bits per heavy atom. The Labute approximate surface area is 106 Å². The average Bonchev–Trinajstić information content (AvgIpc) is 2.33. The maximum absolute atomic E-state index is 13.1. The fourth-order valence-corrected chi connectivity index (χ4v) is 2.07. The van der Waals surface area contributed by atoms with Gasteiger partial charge in [0, 0.05) is 19.3 Å². The number of benzene rings is 1. The molecule has 1 aromatic rings. The summed E-state index contributed by atoms with van der Waals surface area (Å²) in [5.41, 5.74) is 6.70. The first-order valence-electron chi connectivity index (χ1n) is 5.47. The molecule has 1 aliphatic heterocycles. The Bertz CT molecular complexity index is 370. The van der Waals surface area contributed by atoms with Gasteiger partial charge in [-0.05, 0) is 36.5 Å². The van der Waals surface area contributed by atoms with Gasteiger partial charge in [-0.25, -0.2) is 8.78 Å². The zero-order valence-electron chi connectivity index (χ0n) is 9.36. The molecule has 1 fully saturated rings. The Morgan fingerprint density at radius 2 is 1.82 bits per heavy atom. The zero-order valence-corrected chi connectivity index (χ0v) is 10.2. The van der Waals surface area contributed by atoms with Crippen LogP contribution < -0.4 is 5.73 Å². The molecule has 2 rings (SSSR count). The highest BCUT2D eigenvalue weighted by molar-refractivity contribution is 5.85. The molecule has 1 atom stereocenters. The van der Waals surface area contributed by atoms with Crippen LogP contribution in [0.2, 0.25) is 0 Å². The summed E-state index contributed by atoms with van der Waals surface area (Å²) < 4.78 is 31.1. The van der Waals surface area contributed by atoms with E-state index in [1.165, 1.54) is 6.07 Å². The molecule has 0 radical (unpaired) electrons. The van der Waals surface area contributed by atoms with E-state index >= 15 is 0 Å². The van der Waals surface area contributed by atoms with Gasteiger partial charge in [-0.2, -0.15) is 0 Å². The maximum atomic E-state index is 13.1. The highest BCUT2D eigenvalue weighted by Gasteiger charge is 2.22. The Balaban J connectivity index is 0.00000144. The van der Waals surface area contributed by atoms with E-state index in [0.717, 1.165) is 18.9 Å². The zero-order chi connectivity index (χ0) is 11.5. The predicted octanol–water partition coefficient (Wildman–Crippen LogP) is 2.81. The van der Waals surface area contributed by atoms with Gasteiger partial charge < -0.3 is 10.5 Å². The van der Waals surface area contributed by atoms with E-state index in [-0.39, 0.29) is 18.4 Å². The first kappa shape index (κ1) is 14.4. The SMILES string of the molecule is Cl.N[C@@H](c1ccc(F)c(F)c1)C1CCOCC1. The topological polar surface area (TPSA) is 35.2 Å². The van der Waals surface area contributed by atoms with Gasteiger partial charge in [0.05, 0.1) is 0 Å². The normalized spacial score (nSPS) is 18.5. The lowest BCUT2D eigenvalue weighted by atomic mass is 9.88. The Morgan fingerprint density at radius 3 is 2.41 bits per heavy atom. The minimum absolute atomic E-state index is 0. The lowest BCUT2D eigenvalue weighted by molar-refractivity contribution is 0.0583.